The summed E-state index contributed by atoms with van der Waals surface area (Å²) in [6.45, 7) is 0. The molecule has 0 amide bonds. The summed E-state index contributed by atoms with van der Waals surface area (Å²) < 4.78 is 0. The SMILES string of the molecule is Oc1cccc(-c2cccc(O)n2)n1.[Cl][Pd][Cl]. The number of aromatic nitrogens is 2. The van der Waals surface area contributed by atoms with Crippen LogP contribution in [-0.2, 0) is 15.9 Å². The zero-order valence-electron chi connectivity index (χ0n) is 8.33. The van der Waals surface area contributed by atoms with Crippen molar-refractivity contribution in [1.82, 2.24) is 9.97 Å². The van der Waals surface area contributed by atoms with E-state index in [0.29, 0.717) is 11.4 Å². The molecule has 0 aliphatic rings. The van der Waals surface area contributed by atoms with Crippen LogP contribution in [0.25, 0.3) is 11.4 Å². The average molecular weight is 366 g/mol. The van der Waals surface area contributed by atoms with E-state index in [4.69, 9.17) is 29.3 Å². The molecule has 0 atom stereocenters. The molecule has 0 saturated carbocycles. The van der Waals surface area contributed by atoms with Crippen molar-refractivity contribution < 1.29 is 26.2 Å². The third kappa shape index (κ3) is 4.88. The van der Waals surface area contributed by atoms with Gasteiger partial charge in [-0.1, -0.05) is 12.1 Å². The van der Waals surface area contributed by atoms with Crippen LogP contribution in [0.1, 0.15) is 0 Å². The summed E-state index contributed by atoms with van der Waals surface area (Å²) in [5.74, 6) is -0.125. The van der Waals surface area contributed by atoms with E-state index in [2.05, 4.69) is 9.97 Å². The van der Waals surface area contributed by atoms with Crippen LogP contribution in [0.5, 0.6) is 11.8 Å². The third-order valence-electron chi connectivity index (χ3n) is 1.73. The second kappa shape index (κ2) is 7.46. The Morgan fingerprint density at radius 1 is 0.824 bits per heavy atom. The molecule has 0 aliphatic carbocycles. The summed E-state index contributed by atoms with van der Waals surface area (Å²) in [5.41, 5.74) is 1.06. The maximum absolute atomic E-state index is 9.14. The van der Waals surface area contributed by atoms with Crippen molar-refractivity contribution in [3.8, 4) is 23.1 Å². The topological polar surface area (TPSA) is 66.2 Å². The van der Waals surface area contributed by atoms with E-state index in [1.165, 1.54) is 12.1 Å². The molecule has 2 N–H and O–H groups in total. The zero-order chi connectivity index (χ0) is 12.7. The molecule has 0 aliphatic heterocycles. The van der Waals surface area contributed by atoms with Crippen LogP contribution < -0.4 is 0 Å². The Morgan fingerprint density at radius 3 is 1.47 bits per heavy atom. The molecule has 0 unspecified atom stereocenters. The normalized spacial score (nSPS) is 9.53. The van der Waals surface area contributed by atoms with Crippen molar-refractivity contribution in [2.75, 3.05) is 0 Å². The van der Waals surface area contributed by atoms with Gasteiger partial charge in [0, 0.05) is 12.1 Å². The van der Waals surface area contributed by atoms with Crippen molar-refractivity contribution in [2.45, 2.75) is 0 Å². The quantitative estimate of drug-likeness (QED) is 0.763. The van der Waals surface area contributed by atoms with Gasteiger partial charge in [-0.25, -0.2) is 9.97 Å². The van der Waals surface area contributed by atoms with Crippen LogP contribution in [-0.4, -0.2) is 20.2 Å². The molecule has 0 spiro atoms. The molecule has 2 rings (SSSR count). The Balaban J connectivity index is 0.000000437. The van der Waals surface area contributed by atoms with Gasteiger partial charge in [0.05, 0.1) is 11.4 Å². The van der Waals surface area contributed by atoms with Crippen LogP contribution in [0.4, 0.5) is 0 Å². The molecule has 7 heteroatoms. The summed E-state index contributed by atoms with van der Waals surface area (Å²) in [7, 11) is 9.63. The van der Waals surface area contributed by atoms with E-state index in [-0.39, 0.29) is 27.7 Å². The van der Waals surface area contributed by atoms with Gasteiger partial charge < -0.3 is 10.2 Å². The molecule has 2 aromatic heterocycles. The van der Waals surface area contributed by atoms with Gasteiger partial charge in [0.25, 0.3) is 0 Å². The molecule has 0 aromatic carbocycles. The van der Waals surface area contributed by atoms with E-state index in [0.717, 1.165) is 0 Å². The van der Waals surface area contributed by atoms with Crippen molar-refractivity contribution in [1.29, 1.82) is 0 Å². The summed E-state index contributed by atoms with van der Waals surface area (Å²) in [5, 5.41) is 18.3. The molecule has 0 bridgehead atoms. The van der Waals surface area contributed by atoms with E-state index in [1.54, 1.807) is 24.3 Å². The number of aromatic hydroxyl groups is 2. The Kier molecular flexibility index (Phi) is 6.24. The Bertz CT molecular complexity index is 442. The van der Waals surface area contributed by atoms with E-state index >= 15 is 0 Å². The molecule has 2 heterocycles. The second-order valence-electron chi connectivity index (χ2n) is 2.81. The van der Waals surface area contributed by atoms with Gasteiger partial charge in [-0.3, -0.25) is 0 Å². The number of hydrogen-bond donors (Lipinski definition) is 2. The molecule has 2 aromatic rings. The number of halogens is 2. The van der Waals surface area contributed by atoms with Crippen molar-refractivity contribution in [3.05, 3.63) is 36.4 Å². The fourth-order valence-electron chi connectivity index (χ4n) is 1.13. The molecular weight excluding hydrogens is 357 g/mol. The number of nitrogens with zero attached hydrogens (tertiary/aromatic N) is 2. The summed E-state index contributed by atoms with van der Waals surface area (Å²) in [6.07, 6.45) is 0. The average Bonchev–Trinajstić information content (AvgIpc) is 2.30. The van der Waals surface area contributed by atoms with Crippen LogP contribution in [0.2, 0.25) is 0 Å². The first kappa shape index (κ1) is 14.2. The standard InChI is InChI=1S/C10H8N2O2.2ClH.Pd/c13-9-5-1-3-7(11-9)8-4-2-6-10(14)12-8;;;/h1-6H,(H,11,13)(H,12,14);2*1H;/q;;;+2/p-2. The summed E-state index contributed by atoms with van der Waals surface area (Å²) >= 11 is -0.106. The Hall–Kier alpha value is -0.858. The van der Waals surface area contributed by atoms with E-state index in [1.807, 2.05) is 0 Å². The number of hydrogen-bond acceptors (Lipinski definition) is 4. The summed E-state index contributed by atoms with van der Waals surface area (Å²) in [4.78, 5) is 7.73. The Labute approximate surface area is 114 Å². The molecule has 17 heavy (non-hydrogen) atoms. The van der Waals surface area contributed by atoms with Crippen LogP contribution >= 0.6 is 19.1 Å². The number of pyridine rings is 2. The molecule has 0 fully saturated rings. The van der Waals surface area contributed by atoms with E-state index < -0.39 is 0 Å². The van der Waals surface area contributed by atoms with Gasteiger partial charge in [0.2, 0.25) is 11.8 Å². The second-order valence-corrected chi connectivity index (χ2v) is 5.17. The van der Waals surface area contributed by atoms with Crippen molar-refractivity contribution >= 4 is 19.1 Å². The third-order valence-corrected chi connectivity index (χ3v) is 1.73. The first-order chi connectivity index (χ1) is 8.17. The molecule has 0 saturated heterocycles. The molecular formula is C10H8Cl2N2O2Pd. The minimum atomic E-state index is -0.106. The predicted molar refractivity (Wildman–Crippen MR) is 62.5 cm³/mol. The van der Waals surface area contributed by atoms with Crippen molar-refractivity contribution in [3.63, 3.8) is 0 Å². The zero-order valence-corrected chi connectivity index (χ0v) is 11.4. The fraction of sp³-hybridized carbons (Fsp3) is 0. The van der Waals surface area contributed by atoms with Gasteiger partial charge in [-0.05, 0) is 12.1 Å². The first-order valence-electron chi connectivity index (χ1n) is 4.32. The first-order valence-corrected chi connectivity index (χ1v) is 8.32. The molecule has 4 nitrogen and oxygen atoms in total. The maximum atomic E-state index is 9.14. The molecule has 0 radical (unpaired) electrons. The monoisotopic (exact) mass is 364 g/mol. The van der Waals surface area contributed by atoms with Gasteiger partial charge in [0.15, 0.2) is 0 Å². The summed E-state index contributed by atoms with van der Waals surface area (Å²) in [6, 6.07) is 9.72. The van der Waals surface area contributed by atoms with Crippen LogP contribution in [0.3, 0.4) is 0 Å². The minimum absolute atomic E-state index is 0.0624. The van der Waals surface area contributed by atoms with E-state index in [9.17, 15) is 0 Å². The van der Waals surface area contributed by atoms with Gasteiger partial charge in [-0.2, -0.15) is 0 Å². The van der Waals surface area contributed by atoms with Gasteiger partial charge in [-0.15, -0.1) is 0 Å². The van der Waals surface area contributed by atoms with Gasteiger partial charge in [0.1, 0.15) is 0 Å². The number of rotatable bonds is 1. The van der Waals surface area contributed by atoms with Crippen molar-refractivity contribution in [2.24, 2.45) is 0 Å². The Morgan fingerprint density at radius 2 is 1.18 bits per heavy atom. The van der Waals surface area contributed by atoms with Crippen LogP contribution in [0, 0.1) is 0 Å². The van der Waals surface area contributed by atoms with Crippen LogP contribution in [0.15, 0.2) is 36.4 Å². The predicted octanol–water partition coefficient (Wildman–Crippen LogP) is 2.93. The van der Waals surface area contributed by atoms with Gasteiger partial charge >= 0.3 is 35.0 Å². The fourth-order valence-corrected chi connectivity index (χ4v) is 1.13. The molecule has 94 valence electrons.